The summed E-state index contributed by atoms with van der Waals surface area (Å²) in [5.74, 6) is 0.399. The molecule has 2 atom stereocenters. The summed E-state index contributed by atoms with van der Waals surface area (Å²) in [5, 5.41) is 8.58. The summed E-state index contributed by atoms with van der Waals surface area (Å²) in [6.07, 6.45) is 2.86. The smallest absolute Gasteiger partial charge is 0.0835 e. The molecule has 19 heavy (non-hydrogen) atoms. The van der Waals surface area contributed by atoms with E-state index in [1.807, 2.05) is 4.68 Å². The Morgan fingerprint density at radius 3 is 2.58 bits per heavy atom. The number of nitrogens with zero attached hydrogens (tertiary/aromatic N) is 2. The van der Waals surface area contributed by atoms with Crippen LogP contribution in [-0.4, -0.2) is 29.5 Å². The van der Waals surface area contributed by atoms with Crippen molar-refractivity contribution in [3.05, 3.63) is 16.9 Å². The Hall–Kier alpha value is -0.580. The first-order valence-electron chi connectivity index (χ1n) is 7.04. The Labute approximate surface area is 121 Å². The summed E-state index contributed by atoms with van der Waals surface area (Å²) in [4.78, 5) is 0. The summed E-state index contributed by atoms with van der Waals surface area (Å²) >= 11 is 6.32. The first-order chi connectivity index (χ1) is 9.06. The molecular weight excluding hydrogens is 262 g/mol. The normalized spacial score (nSPS) is 14.9. The van der Waals surface area contributed by atoms with Crippen molar-refractivity contribution in [2.45, 2.75) is 52.8 Å². The average molecular weight is 288 g/mol. The first-order valence-corrected chi connectivity index (χ1v) is 7.41. The zero-order valence-corrected chi connectivity index (χ0v) is 13.4. The van der Waals surface area contributed by atoms with Gasteiger partial charge in [0.15, 0.2) is 0 Å². The highest BCUT2D eigenvalue weighted by atomic mass is 35.5. The average Bonchev–Trinajstić information content (AvgIpc) is 2.75. The van der Waals surface area contributed by atoms with E-state index in [9.17, 15) is 0 Å². The fourth-order valence-corrected chi connectivity index (χ4v) is 2.65. The van der Waals surface area contributed by atoms with Gasteiger partial charge in [0.05, 0.1) is 29.1 Å². The topological polar surface area (TPSA) is 39.1 Å². The van der Waals surface area contributed by atoms with E-state index >= 15 is 0 Å². The fourth-order valence-electron chi connectivity index (χ4n) is 2.39. The molecule has 1 heterocycles. The van der Waals surface area contributed by atoms with Crippen LogP contribution in [0.5, 0.6) is 0 Å². The second-order valence-corrected chi connectivity index (χ2v) is 5.48. The number of nitrogens with one attached hydrogen (secondary N) is 1. The van der Waals surface area contributed by atoms with Gasteiger partial charge >= 0.3 is 0 Å². The largest absolute Gasteiger partial charge is 0.379 e. The van der Waals surface area contributed by atoms with Crippen molar-refractivity contribution < 1.29 is 4.74 Å². The minimum Gasteiger partial charge on any atom is -0.379 e. The van der Waals surface area contributed by atoms with Gasteiger partial charge in [-0.05, 0) is 25.8 Å². The van der Waals surface area contributed by atoms with E-state index in [4.69, 9.17) is 16.3 Å². The minimum atomic E-state index is 0.0694. The molecule has 1 aromatic rings. The Balaban J connectivity index is 3.10. The summed E-state index contributed by atoms with van der Waals surface area (Å²) in [6, 6.07) is 0.0694. The van der Waals surface area contributed by atoms with Gasteiger partial charge in [-0.3, -0.25) is 4.68 Å². The Kier molecular flexibility index (Phi) is 6.83. The number of rotatable bonds is 8. The van der Waals surface area contributed by atoms with Gasteiger partial charge in [-0.1, -0.05) is 32.4 Å². The van der Waals surface area contributed by atoms with Crippen LogP contribution in [0.15, 0.2) is 6.20 Å². The van der Waals surface area contributed by atoms with Crippen LogP contribution in [0.3, 0.4) is 0 Å². The highest BCUT2D eigenvalue weighted by molar-refractivity contribution is 6.31. The monoisotopic (exact) mass is 287 g/mol. The predicted octanol–water partition coefficient (Wildman–Crippen LogP) is 3.27. The molecule has 110 valence electrons. The first kappa shape index (κ1) is 16.5. The number of methoxy groups -OCH3 is 1. The summed E-state index contributed by atoms with van der Waals surface area (Å²) in [5.41, 5.74) is 1.03. The van der Waals surface area contributed by atoms with Crippen LogP contribution in [0, 0.1) is 5.92 Å². The number of hydrogen-bond donors (Lipinski definition) is 1. The van der Waals surface area contributed by atoms with Crippen molar-refractivity contribution in [2.24, 2.45) is 5.92 Å². The lowest BCUT2D eigenvalue weighted by molar-refractivity contribution is 0.0302. The third-order valence-electron chi connectivity index (χ3n) is 3.30. The molecule has 4 nitrogen and oxygen atoms in total. The molecule has 0 radical (unpaired) electrons. The van der Waals surface area contributed by atoms with Crippen LogP contribution in [0.25, 0.3) is 0 Å². The van der Waals surface area contributed by atoms with Gasteiger partial charge in [0.25, 0.3) is 0 Å². The molecule has 0 aliphatic carbocycles. The maximum Gasteiger partial charge on any atom is 0.0835 e. The van der Waals surface area contributed by atoms with Crippen molar-refractivity contribution in [2.75, 3.05) is 13.7 Å². The zero-order chi connectivity index (χ0) is 14.4. The van der Waals surface area contributed by atoms with E-state index in [1.165, 1.54) is 0 Å². The summed E-state index contributed by atoms with van der Waals surface area (Å²) < 4.78 is 7.64. The van der Waals surface area contributed by atoms with Gasteiger partial charge in [-0.25, -0.2) is 0 Å². The van der Waals surface area contributed by atoms with Crippen molar-refractivity contribution in [3.63, 3.8) is 0 Å². The molecule has 0 saturated carbocycles. The van der Waals surface area contributed by atoms with Gasteiger partial charge in [0.1, 0.15) is 0 Å². The molecule has 0 aromatic carbocycles. The van der Waals surface area contributed by atoms with Crippen molar-refractivity contribution in [3.8, 4) is 0 Å². The molecule has 0 saturated heterocycles. The van der Waals surface area contributed by atoms with Gasteiger partial charge in [-0.2, -0.15) is 5.10 Å². The summed E-state index contributed by atoms with van der Waals surface area (Å²) in [7, 11) is 1.76. The van der Waals surface area contributed by atoms with E-state index < -0.39 is 0 Å². The number of aryl methyl sites for hydroxylation is 1. The number of halogens is 1. The van der Waals surface area contributed by atoms with Crippen LogP contribution < -0.4 is 5.32 Å². The molecule has 0 bridgehead atoms. The van der Waals surface area contributed by atoms with Crippen LogP contribution in [0.1, 0.15) is 45.9 Å². The van der Waals surface area contributed by atoms with Crippen molar-refractivity contribution in [1.82, 2.24) is 15.1 Å². The molecule has 1 rings (SSSR count). The third kappa shape index (κ3) is 3.94. The van der Waals surface area contributed by atoms with E-state index in [0.717, 1.165) is 25.2 Å². The maximum atomic E-state index is 6.32. The van der Waals surface area contributed by atoms with E-state index in [2.05, 4.69) is 38.1 Å². The Morgan fingerprint density at radius 2 is 2.11 bits per heavy atom. The van der Waals surface area contributed by atoms with Gasteiger partial charge < -0.3 is 10.1 Å². The highest BCUT2D eigenvalue weighted by Gasteiger charge is 2.30. The number of ether oxygens (including phenoxy) is 1. The lowest BCUT2D eigenvalue weighted by Gasteiger charge is -2.30. The molecule has 1 aromatic heterocycles. The molecule has 0 amide bonds. The third-order valence-corrected chi connectivity index (χ3v) is 3.59. The number of hydrogen-bond acceptors (Lipinski definition) is 3. The Morgan fingerprint density at radius 1 is 1.42 bits per heavy atom. The summed E-state index contributed by atoms with van der Waals surface area (Å²) in [6.45, 7) is 10.3. The SMILES string of the molecule is CCCNC(c1c(Cl)cnn1CC)C(OC)C(C)C. The van der Waals surface area contributed by atoms with Gasteiger partial charge in [0, 0.05) is 13.7 Å². The standard InChI is InChI=1S/C14H26ClN3O/c1-6-8-16-12(14(19-5)10(3)4)13-11(15)9-17-18(13)7-2/h9-10,12,14,16H,6-8H2,1-5H3. The van der Waals surface area contributed by atoms with Crippen molar-refractivity contribution in [1.29, 1.82) is 0 Å². The van der Waals surface area contributed by atoms with E-state index in [-0.39, 0.29) is 12.1 Å². The van der Waals surface area contributed by atoms with Crippen molar-refractivity contribution >= 4 is 11.6 Å². The minimum absolute atomic E-state index is 0.0694. The Bertz CT molecular complexity index is 379. The van der Waals surface area contributed by atoms with Crippen LogP contribution in [-0.2, 0) is 11.3 Å². The van der Waals surface area contributed by atoms with Crippen LogP contribution in [0.4, 0.5) is 0 Å². The number of aromatic nitrogens is 2. The quantitative estimate of drug-likeness (QED) is 0.798. The fraction of sp³-hybridized carbons (Fsp3) is 0.786. The molecule has 0 aliphatic rings. The van der Waals surface area contributed by atoms with Crippen LogP contribution in [0.2, 0.25) is 5.02 Å². The molecule has 1 N–H and O–H groups in total. The predicted molar refractivity (Wildman–Crippen MR) is 79.6 cm³/mol. The van der Waals surface area contributed by atoms with E-state index in [1.54, 1.807) is 13.3 Å². The van der Waals surface area contributed by atoms with Gasteiger partial charge in [-0.15, -0.1) is 0 Å². The molecule has 0 aliphatic heterocycles. The van der Waals surface area contributed by atoms with Gasteiger partial charge in [0.2, 0.25) is 0 Å². The van der Waals surface area contributed by atoms with E-state index in [0.29, 0.717) is 10.9 Å². The molecule has 2 unspecified atom stereocenters. The second kappa shape index (κ2) is 7.88. The maximum absolute atomic E-state index is 6.32. The lowest BCUT2D eigenvalue weighted by Crippen LogP contribution is -2.38. The molecule has 0 fully saturated rings. The molecular formula is C14H26ClN3O. The highest BCUT2D eigenvalue weighted by Crippen LogP contribution is 2.29. The zero-order valence-electron chi connectivity index (χ0n) is 12.6. The molecule has 0 spiro atoms. The molecule has 5 heteroatoms. The van der Waals surface area contributed by atoms with Crippen LogP contribution >= 0.6 is 11.6 Å². The second-order valence-electron chi connectivity index (χ2n) is 5.07. The lowest BCUT2D eigenvalue weighted by atomic mass is 9.96.